The molecule has 0 spiro atoms. The summed E-state index contributed by atoms with van der Waals surface area (Å²) in [6.45, 7) is 4.93. The first-order valence-electron chi connectivity index (χ1n) is 8.90. The highest BCUT2D eigenvalue weighted by Gasteiger charge is 2.10. The second kappa shape index (κ2) is 6.68. The third-order valence-corrected chi connectivity index (χ3v) is 4.75. The molecule has 0 aliphatic carbocycles. The minimum absolute atomic E-state index is 0.319. The molecule has 1 aromatic heterocycles. The van der Waals surface area contributed by atoms with E-state index in [4.69, 9.17) is 4.42 Å². The Balaban J connectivity index is 1.77. The van der Waals surface area contributed by atoms with Crippen LogP contribution >= 0.6 is 0 Å². The molecule has 130 valence electrons. The molecule has 0 atom stereocenters. The molecule has 4 aromatic rings. The van der Waals surface area contributed by atoms with Crippen molar-refractivity contribution in [2.45, 2.75) is 26.3 Å². The van der Waals surface area contributed by atoms with Gasteiger partial charge in [0.2, 0.25) is 0 Å². The molecule has 1 heterocycles. The van der Waals surface area contributed by atoms with E-state index in [1.807, 2.05) is 24.3 Å². The van der Waals surface area contributed by atoms with Crippen molar-refractivity contribution in [3.63, 3.8) is 0 Å². The Hall–Kier alpha value is -3.07. The molecule has 3 nitrogen and oxygen atoms in total. The van der Waals surface area contributed by atoms with E-state index in [9.17, 15) is 4.79 Å². The molecule has 0 saturated carbocycles. The zero-order valence-corrected chi connectivity index (χ0v) is 15.0. The summed E-state index contributed by atoms with van der Waals surface area (Å²) in [4.78, 5) is 12.0. The van der Waals surface area contributed by atoms with Crippen molar-refractivity contribution in [3.05, 3.63) is 88.3 Å². The van der Waals surface area contributed by atoms with Crippen molar-refractivity contribution in [1.82, 2.24) is 0 Å². The van der Waals surface area contributed by atoms with Crippen LogP contribution in [0.15, 0.2) is 75.9 Å². The normalized spacial score (nSPS) is 11.3. The molecule has 0 amide bonds. The zero-order chi connectivity index (χ0) is 18.1. The number of rotatable bonds is 4. The van der Waals surface area contributed by atoms with Gasteiger partial charge in [0.25, 0.3) is 0 Å². The van der Waals surface area contributed by atoms with E-state index < -0.39 is 0 Å². The van der Waals surface area contributed by atoms with E-state index in [1.54, 1.807) is 6.07 Å². The summed E-state index contributed by atoms with van der Waals surface area (Å²) in [5.74, 6) is 0.477. The lowest BCUT2D eigenvalue weighted by molar-refractivity contribution is 0.559. The summed E-state index contributed by atoms with van der Waals surface area (Å²) >= 11 is 0. The summed E-state index contributed by atoms with van der Waals surface area (Å²) in [7, 11) is 0. The lowest BCUT2D eigenvalue weighted by Crippen LogP contribution is -2.06. The molecule has 0 radical (unpaired) electrons. The molecule has 0 saturated heterocycles. The minimum atomic E-state index is -0.319. The summed E-state index contributed by atoms with van der Waals surface area (Å²) < 4.78 is 5.43. The molecule has 0 bridgehead atoms. The number of benzene rings is 3. The highest BCUT2D eigenvalue weighted by Crippen LogP contribution is 2.28. The lowest BCUT2D eigenvalue weighted by Gasteiger charge is -2.12. The first kappa shape index (κ1) is 16.4. The first-order chi connectivity index (χ1) is 12.6. The zero-order valence-electron chi connectivity index (χ0n) is 15.0. The molecule has 1 N–H and O–H groups in total. The highest BCUT2D eigenvalue weighted by molar-refractivity contribution is 6.07. The maximum absolute atomic E-state index is 12.0. The van der Waals surface area contributed by atoms with Gasteiger partial charge in [-0.15, -0.1) is 0 Å². The second-order valence-electron chi connectivity index (χ2n) is 6.88. The smallest absolute Gasteiger partial charge is 0.336 e. The van der Waals surface area contributed by atoms with Gasteiger partial charge in [0.15, 0.2) is 0 Å². The Morgan fingerprint density at radius 2 is 1.81 bits per heavy atom. The number of hydrogen-bond acceptors (Lipinski definition) is 3. The number of nitrogens with one attached hydrogen (secondary N) is 1. The minimum Gasteiger partial charge on any atom is -0.423 e. The van der Waals surface area contributed by atoms with Gasteiger partial charge in [-0.1, -0.05) is 56.3 Å². The van der Waals surface area contributed by atoms with Crippen LogP contribution in [0.4, 0.5) is 5.69 Å². The van der Waals surface area contributed by atoms with Gasteiger partial charge in [0, 0.05) is 23.7 Å². The van der Waals surface area contributed by atoms with Crippen molar-refractivity contribution in [3.8, 4) is 0 Å². The standard InChI is InChI=1S/C23H21NO2/c1-15(2)17-7-5-8-19(12-17)24-14-18-13-22(25)26-21-11-10-16-6-3-4-9-20(16)23(18)21/h3-13,15,24H,14H2,1-2H3. The van der Waals surface area contributed by atoms with Crippen molar-refractivity contribution < 1.29 is 4.42 Å². The van der Waals surface area contributed by atoms with Crippen LogP contribution in [0.2, 0.25) is 0 Å². The molecule has 3 aromatic carbocycles. The number of anilines is 1. The van der Waals surface area contributed by atoms with Crippen LogP contribution in [-0.2, 0) is 6.54 Å². The topological polar surface area (TPSA) is 42.2 Å². The van der Waals surface area contributed by atoms with Crippen molar-refractivity contribution in [2.75, 3.05) is 5.32 Å². The maximum Gasteiger partial charge on any atom is 0.336 e. The molecule has 3 heteroatoms. The third-order valence-electron chi connectivity index (χ3n) is 4.75. The van der Waals surface area contributed by atoms with E-state index in [1.165, 1.54) is 5.56 Å². The molecule has 4 rings (SSSR count). The fraction of sp³-hybridized carbons (Fsp3) is 0.174. The van der Waals surface area contributed by atoms with E-state index >= 15 is 0 Å². The van der Waals surface area contributed by atoms with Crippen LogP contribution in [0.25, 0.3) is 21.7 Å². The van der Waals surface area contributed by atoms with E-state index in [2.05, 4.69) is 55.6 Å². The molecular formula is C23H21NO2. The van der Waals surface area contributed by atoms with Crippen LogP contribution in [-0.4, -0.2) is 0 Å². The lowest BCUT2D eigenvalue weighted by atomic mass is 10.0. The van der Waals surface area contributed by atoms with Crippen molar-refractivity contribution in [1.29, 1.82) is 0 Å². The Labute approximate surface area is 152 Å². The Bertz CT molecular complexity index is 1140. The predicted octanol–water partition coefficient (Wildman–Crippen LogP) is 5.68. The summed E-state index contributed by atoms with van der Waals surface area (Å²) in [5, 5.41) is 6.69. The van der Waals surface area contributed by atoms with Crippen LogP contribution in [0.5, 0.6) is 0 Å². The van der Waals surface area contributed by atoms with Gasteiger partial charge in [-0.25, -0.2) is 4.79 Å². The summed E-state index contributed by atoms with van der Waals surface area (Å²) in [6, 6.07) is 22.0. The average molecular weight is 343 g/mol. The largest absolute Gasteiger partial charge is 0.423 e. The van der Waals surface area contributed by atoms with Gasteiger partial charge < -0.3 is 9.73 Å². The quantitative estimate of drug-likeness (QED) is 0.383. The van der Waals surface area contributed by atoms with Gasteiger partial charge in [-0.2, -0.15) is 0 Å². The molecule has 0 unspecified atom stereocenters. The predicted molar refractivity (Wildman–Crippen MR) is 108 cm³/mol. The Morgan fingerprint density at radius 1 is 0.962 bits per heavy atom. The number of fused-ring (bicyclic) bond motifs is 3. The number of hydrogen-bond donors (Lipinski definition) is 1. The monoisotopic (exact) mass is 343 g/mol. The van der Waals surface area contributed by atoms with Crippen LogP contribution < -0.4 is 10.9 Å². The second-order valence-corrected chi connectivity index (χ2v) is 6.88. The fourth-order valence-corrected chi connectivity index (χ4v) is 3.36. The molecule has 26 heavy (non-hydrogen) atoms. The highest BCUT2D eigenvalue weighted by atomic mass is 16.4. The summed E-state index contributed by atoms with van der Waals surface area (Å²) in [6.07, 6.45) is 0. The Kier molecular flexibility index (Phi) is 4.21. The van der Waals surface area contributed by atoms with Crippen molar-refractivity contribution >= 4 is 27.4 Å². The van der Waals surface area contributed by atoms with Gasteiger partial charge in [0.1, 0.15) is 5.58 Å². The van der Waals surface area contributed by atoms with Crippen LogP contribution in [0, 0.1) is 0 Å². The third kappa shape index (κ3) is 3.08. The molecule has 0 aliphatic rings. The molecule has 0 fully saturated rings. The fourth-order valence-electron chi connectivity index (χ4n) is 3.36. The summed E-state index contributed by atoms with van der Waals surface area (Å²) in [5.41, 5.74) is 3.60. The molecule has 0 aliphatic heterocycles. The maximum atomic E-state index is 12.0. The van der Waals surface area contributed by atoms with Crippen LogP contribution in [0.3, 0.4) is 0 Å². The Morgan fingerprint density at radius 3 is 2.65 bits per heavy atom. The van der Waals surface area contributed by atoms with E-state index in [0.29, 0.717) is 18.0 Å². The van der Waals surface area contributed by atoms with Gasteiger partial charge >= 0.3 is 5.63 Å². The average Bonchev–Trinajstić information content (AvgIpc) is 2.65. The van der Waals surface area contributed by atoms with E-state index in [-0.39, 0.29) is 5.63 Å². The van der Waals surface area contributed by atoms with E-state index in [0.717, 1.165) is 27.4 Å². The van der Waals surface area contributed by atoms with Crippen LogP contribution in [0.1, 0.15) is 30.9 Å². The molecular weight excluding hydrogens is 322 g/mol. The van der Waals surface area contributed by atoms with Gasteiger partial charge in [-0.3, -0.25) is 0 Å². The van der Waals surface area contributed by atoms with Crippen molar-refractivity contribution in [2.24, 2.45) is 0 Å². The van der Waals surface area contributed by atoms with Gasteiger partial charge in [0.05, 0.1) is 0 Å². The first-order valence-corrected chi connectivity index (χ1v) is 8.90. The SMILES string of the molecule is CC(C)c1cccc(NCc2cc(=O)oc3ccc4ccccc4c23)c1. The van der Waals surface area contributed by atoms with Gasteiger partial charge in [-0.05, 0) is 46.0 Å².